The summed E-state index contributed by atoms with van der Waals surface area (Å²) in [5, 5.41) is 3.58. The molecule has 0 aromatic heterocycles. The number of benzene rings is 4. The van der Waals surface area contributed by atoms with E-state index in [4.69, 9.17) is 11.6 Å². The van der Waals surface area contributed by atoms with E-state index >= 15 is 0 Å². The second kappa shape index (κ2) is 15.4. The number of anilines is 1. The van der Waals surface area contributed by atoms with E-state index in [-0.39, 0.29) is 29.8 Å². The molecule has 7 nitrogen and oxygen atoms in total. The maximum absolute atomic E-state index is 14.5. The number of nitrogens with zero attached hydrogens (tertiary/aromatic N) is 2. The maximum Gasteiger partial charge on any atom is 0.264 e. The molecule has 0 aliphatic heterocycles. The SMILES string of the molecule is CC[C@@H](C)NC(=O)[C@@H](Cc1ccccc1)N(Cc1ccc(Cl)cc1)C(=O)CN(c1cccc(Br)c1)S(=O)(=O)c1ccccc1. The molecule has 0 bridgehead atoms. The lowest BCUT2D eigenvalue weighted by molar-refractivity contribution is -0.140. The predicted molar refractivity (Wildman–Crippen MR) is 179 cm³/mol. The molecule has 230 valence electrons. The van der Waals surface area contributed by atoms with E-state index in [2.05, 4.69) is 21.2 Å². The highest BCUT2D eigenvalue weighted by atomic mass is 79.9. The molecule has 10 heteroatoms. The summed E-state index contributed by atoms with van der Waals surface area (Å²) in [6.07, 6.45) is 0.950. The predicted octanol–water partition coefficient (Wildman–Crippen LogP) is 6.85. The molecule has 44 heavy (non-hydrogen) atoms. The van der Waals surface area contributed by atoms with Gasteiger partial charge in [-0.15, -0.1) is 0 Å². The van der Waals surface area contributed by atoms with Gasteiger partial charge in [0.2, 0.25) is 11.8 Å². The fourth-order valence-electron chi connectivity index (χ4n) is 4.66. The molecule has 0 unspecified atom stereocenters. The van der Waals surface area contributed by atoms with Crippen molar-refractivity contribution in [3.63, 3.8) is 0 Å². The van der Waals surface area contributed by atoms with Gasteiger partial charge in [-0.2, -0.15) is 0 Å². The molecule has 0 aliphatic rings. The summed E-state index contributed by atoms with van der Waals surface area (Å²) >= 11 is 9.57. The standard InChI is InChI=1S/C34H35BrClN3O4S/c1-3-25(2)37-34(41)32(21-26-11-6-4-7-12-26)38(23-27-17-19-29(36)20-18-27)33(40)24-39(30-14-10-13-28(35)22-30)44(42,43)31-15-8-5-9-16-31/h4-20,22,25,32H,3,21,23-24H2,1-2H3,(H,37,41)/t25-,32-/m1/s1. The summed E-state index contributed by atoms with van der Waals surface area (Å²) < 4.78 is 29.8. The zero-order valence-electron chi connectivity index (χ0n) is 24.6. The number of rotatable bonds is 13. The molecule has 4 aromatic carbocycles. The molecule has 4 aromatic rings. The van der Waals surface area contributed by atoms with Gasteiger partial charge in [0.25, 0.3) is 10.0 Å². The van der Waals surface area contributed by atoms with Crippen molar-refractivity contribution in [1.29, 1.82) is 0 Å². The Labute approximate surface area is 273 Å². The van der Waals surface area contributed by atoms with Crippen LogP contribution in [0.25, 0.3) is 0 Å². The van der Waals surface area contributed by atoms with Crippen molar-refractivity contribution < 1.29 is 18.0 Å². The lowest BCUT2D eigenvalue weighted by Gasteiger charge is -2.34. The second-order valence-electron chi connectivity index (χ2n) is 10.5. The minimum Gasteiger partial charge on any atom is -0.352 e. The van der Waals surface area contributed by atoms with Crippen LogP contribution >= 0.6 is 27.5 Å². The number of hydrogen-bond donors (Lipinski definition) is 1. The number of amides is 2. The van der Waals surface area contributed by atoms with Gasteiger partial charge in [0.1, 0.15) is 12.6 Å². The van der Waals surface area contributed by atoms with Crippen LogP contribution in [0, 0.1) is 0 Å². The third kappa shape index (κ3) is 8.71. The van der Waals surface area contributed by atoms with Gasteiger partial charge in [-0.25, -0.2) is 8.42 Å². The van der Waals surface area contributed by atoms with Crippen molar-refractivity contribution in [2.24, 2.45) is 0 Å². The zero-order chi connectivity index (χ0) is 31.7. The number of sulfonamides is 1. The fraction of sp³-hybridized carbons (Fsp3) is 0.235. The minimum atomic E-state index is -4.16. The molecule has 0 spiro atoms. The van der Waals surface area contributed by atoms with Crippen LogP contribution in [-0.4, -0.2) is 43.8 Å². The summed E-state index contributed by atoms with van der Waals surface area (Å²) in [6, 6.07) is 30.2. The second-order valence-corrected chi connectivity index (χ2v) is 13.7. The van der Waals surface area contributed by atoms with Crippen molar-refractivity contribution in [2.45, 2.75) is 50.2 Å². The number of hydrogen-bond acceptors (Lipinski definition) is 4. The lowest BCUT2D eigenvalue weighted by atomic mass is 10.0. The first kappa shape index (κ1) is 33.2. The van der Waals surface area contributed by atoms with Crippen molar-refractivity contribution in [1.82, 2.24) is 10.2 Å². The van der Waals surface area contributed by atoms with E-state index in [0.717, 1.165) is 15.4 Å². The third-order valence-corrected chi connectivity index (χ3v) is 9.78. The molecule has 2 atom stereocenters. The van der Waals surface area contributed by atoms with Gasteiger partial charge >= 0.3 is 0 Å². The molecule has 1 N–H and O–H groups in total. The first-order valence-electron chi connectivity index (χ1n) is 14.3. The van der Waals surface area contributed by atoms with Gasteiger partial charge in [-0.3, -0.25) is 13.9 Å². The van der Waals surface area contributed by atoms with E-state index < -0.39 is 28.5 Å². The van der Waals surface area contributed by atoms with Crippen LogP contribution in [0.15, 0.2) is 119 Å². The van der Waals surface area contributed by atoms with E-state index in [1.165, 1.54) is 17.0 Å². The van der Waals surface area contributed by atoms with E-state index in [1.54, 1.807) is 66.7 Å². The van der Waals surface area contributed by atoms with Crippen LogP contribution in [0.2, 0.25) is 5.02 Å². The highest BCUT2D eigenvalue weighted by molar-refractivity contribution is 9.10. The quantitative estimate of drug-likeness (QED) is 0.166. The zero-order valence-corrected chi connectivity index (χ0v) is 27.7. The van der Waals surface area contributed by atoms with Crippen LogP contribution in [0.4, 0.5) is 5.69 Å². The number of carbonyl (C=O) groups is 2. The lowest BCUT2D eigenvalue weighted by Crippen LogP contribution is -2.54. The fourth-order valence-corrected chi connectivity index (χ4v) is 6.60. The van der Waals surface area contributed by atoms with Crippen molar-refractivity contribution in [3.8, 4) is 0 Å². The topological polar surface area (TPSA) is 86.8 Å². The van der Waals surface area contributed by atoms with Gasteiger partial charge in [0.05, 0.1) is 10.6 Å². The number of carbonyl (C=O) groups excluding carboxylic acids is 2. The molecular weight excluding hydrogens is 662 g/mol. The van der Waals surface area contributed by atoms with E-state index in [0.29, 0.717) is 21.6 Å². The van der Waals surface area contributed by atoms with Crippen LogP contribution in [0.1, 0.15) is 31.4 Å². The van der Waals surface area contributed by atoms with Gasteiger partial charge in [-0.05, 0) is 66.9 Å². The highest BCUT2D eigenvalue weighted by Gasteiger charge is 2.35. The third-order valence-electron chi connectivity index (χ3n) is 7.24. The highest BCUT2D eigenvalue weighted by Crippen LogP contribution is 2.27. The molecule has 0 fully saturated rings. The Bertz CT molecular complexity index is 1660. The average molecular weight is 697 g/mol. The molecule has 4 rings (SSSR count). The summed E-state index contributed by atoms with van der Waals surface area (Å²) in [6.45, 7) is 3.42. The van der Waals surface area contributed by atoms with Crippen LogP contribution in [-0.2, 0) is 32.6 Å². The van der Waals surface area contributed by atoms with Crippen LogP contribution in [0.5, 0.6) is 0 Å². The van der Waals surface area contributed by atoms with Gasteiger partial charge in [-0.1, -0.05) is 101 Å². The van der Waals surface area contributed by atoms with Gasteiger partial charge in [0.15, 0.2) is 0 Å². The Balaban J connectivity index is 1.80. The first-order valence-corrected chi connectivity index (χ1v) is 16.9. The molecule has 0 saturated heterocycles. The summed E-state index contributed by atoms with van der Waals surface area (Å²) in [7, 11) is -4.16. The van der Waals surface area contributed by atoms with Crippen molar-refractivity contribution in [3.05, 3.63) is 130 Å². The van der Waals surface area contributed by atoms with E-state index in [1.807, 2.05) is 44.2 Å². The van der Waals surface area contributed by atoms with Crippen molar-refractivity contribution in [2.75, 3.05) is 10.8 Å². The Hall–Kier alpha value is -3.66. The Morgan fingerprint density at radius 1 is 0.864 bits per heavy atom. The minimum absolute atomic E-state index is 0.0485. The normalized spacial score (nSPS) is 12.6. The van der Waals surface area contributed by atoms with Crippen LogP contribution in [0.3, 0.4) is 0 Å². The molecule has 2 amide bonds. The van der Waals surface area contributed by atoms with Gasteiger partial charge in [0, 0.05) is 28.5 Å². The average Bonchev–Trinajstić information content (AvgIpc) is 3.03. The van der Waals surface area contributed by atoms with E-state index in [9.17, 15) is 18.0 Å². The largest absolute Gasteiger partial charge is 0.352 e. The smallest absolute Gasteiger partial charge is 0.264 e. The summed E-state index contributed by atoms with van der Waals surface area (Å²) in [4.78, 5) is 29.8. The maximum atomic E-state index is 14.5. The Morgan fingerprint density at radius 2 is 1.50 bits per heavy atom. The first-order chi connectivity index (χ1) is 21.1. The Morgan fingerprint density at radius 3 is 2.11 bits per heavy atom. The molecule has 0 saturated carbocycles. The van der Waals surface area contributed by atoms with Crippen molar-refractivity contribution >= 4 is 55.1 Å². The number of nitrogens with one attached hydrogen (secondary N) is 1. The monoisotopic (exact) mass is 695 g/mol. The summed E-state index contributed by atoms with van der Waals surface area (Å²) in [5.74, 6) is -0.842. The molecule has 0 radical (unpaired) electrons. The van der Waals surface area contributed by atoms with Gasteiger partial charge < -0.3 is 10.2 Å². The molecule has 0 aliphatic carbocycles. The Kier molecular flexibility index (Phi) is 11.6. The number of halogens is 2. The summed E-state index contributed by atoms with van der Waals surface area (Å²) in [5.41, 5.74) is 1.93. The molecular formula is C34H35BrClN3O4S. The molecule has 0 heterocycles. The van der Waals surface area contributed by atoms with Crippen LogP contribution < -0.4 is 9.62 Å².